The molecule has 8 heteroatoms. The summed E-state index contributed by atoms with van der Waals surface area (Å²) in [6.07, 6.45) is -3.27. The molecule has 0 fully saturated rings. The molecule has 2 rings (SSSR count). The Morgan fingerprint density at radius 1 is 1.22 bits per heavy atom. The number of benzene rings is 1. The second kappa shape index (κ2) is 6.55. The van der Waals surface area contributed by atoms with Crippen LogP contribution in [0.4, 0.5) is 13.2 Å². The molecule has 0 aliphatic carbocycles. The summed E-state index contributed by atoms with van der Waals surface area (Å²) in [6, 6.07) is 7.84. The molecule has 2 aromatic rings. The lowest BCUT2D eigenvalue weighted by Crippen LogP contribution is -2.25. The molecule has 0 saturated heterocycles. The van der Waals surface area contributed by atoms with Gasteiger partial charge in [0, 0.05) is 31.4 Å². The molecule has 0 saturated carbocycles. The van der Waals surface area contributed by atoms with Crippen LogP contribution < -0.4 is 15.6 Å². The van der Waals surface area contributed by atoms with Crippen molar-refractivity contribution in [3.05, 3.63) is 64.1 Å². The van der Waals surface area contributed by atoms with Crippen molar-refractivity contribution in [3.63, 3.8) is 0 Å². The quantitative estimate of drug-likeness (QED) is 0.937. The lowest BCUT2D eigenvalue weighted by atomic mass is 10.2. The van der Waals surface area contributed by atoms with Crippen molar-refractivity contribution < 1.29 is 22.7 Å². The molecule has 0 spiro atoms. The van der Waals surface area contributed by atoms with Crippen LogP contribution in [-0.4, -0.2) is 16.8 Å². The normalized spacial score (nSPS) is 11.1. The van der Waals surface area contributed by atoms with Crippen LogP contribution in [0.2, 0.25) is 0 Å². The molecule has 0 atom stereocenters. The maximum Gasteiger partial charge on any atom is 0.573 e. The lowest BCUT2D eigenvalue weighted by molar-refractivity contribution is -0.274. The zero-order valence-corrected chi connectivity index (χ0v) is 12.1. The van der Waals surface area contributed by atoms with E-state index >= 15 is 0 Å². The van der Waals surface area contributed by atoms with Crippen LogP contribution in [0.25, 0.3) is 0 Å². The molecule has 0 aliphatic heterocycles. The fraction of sp³-hybridized carbons (Fsp3) is 0.200. The minimum Gasteiger partial charge on any atom is -0.406 e. The summed E-state index contributed by atoms with van der Waals surface area (Å²) in [5.74, 6) is -0.780. The van der Waals surface area contributed by atoms with Gasteiger partial charge in [0.15, 0.2) is 0 Å². The van der Waals surface area contributed by atoms with Gasteiger partial charge in [-0.2, -0.15) is 0 Å². The van der Waals surface area contributed by atoms with Crippen molar-refractivity contribution >= 4 is 5.91 Å². The van der Waals surface area contributed by atoms with E-state index in [4.69, 9.17) is 0 Å². The average molecular weight is 326 g/mol. The third kappa shape index (κ3) is 4.87. The second-order valence-corrected chi connectivity index (χ2v) is 4.74. The Labute approximate surface area is 129 Å². The van der Waals surface area contributed by atoms with E-state index in [1.165, 1.54) is 35.0 Å². The highest BCUT2D eigenvalue weighted by Crippen LogP contribution is 2.22. The Bertz CT molecular complexity index is 752. The van der Waals surface area contributed by atoms with E-state index in [0.29, 0.717) is 5.56 Å². The minimum atomic E-state index is -4.74. The Morgan fingerprint density at radius 3 is 2.43 bits per heavy atom. The largest absolute Gasteiger partial charge is 0.573 e. The van der Waals surface area contributed by atoms with Crippen LogP contribution in [0.5, 0.6) is 5.75 Å². The number of rotatable bonds is 4. The van der Waals surface area contributed by atoms with Gasteiger partial charge < -0.3 is 14.6 Å². The van der Waals surface area contributed by atoms with E-state index in [0.717, 1.165) is 12.1 Å². The predicted molar refractivity (Wildman–Crippen MR) is 76.0 cm³/mol. The minimum absolute atomic E-state index is 0.111. The number of hydrogen-bond donors (Lipinski definition) is 1. The molecule has 0 radical (unpaired) electrons. The Kier molecular flexibility index (Phi) is 4.73. The smallest absolute Gasteiger partial charge is 0.406 e. The van der Waals surface area contributed by atoms with Gasteiger partial charge >= 0.3 is 6.36 Å². The number of pyridine rings is 1. The molecule has 1 heterocycles. The van der Waals surface area contributed by atoms with E-state index < -0.39 is 12.3 Å². The summed E-state index contributed by atoms with van der Waals surface area (Å²) in [6.45, 7) is 0.111. The molecule has 0 aliphatic rings. The van der Waals surface area contributed by atoms with E-state index in [2.05, 4.69) is 10.1 Å². The molecule has 122 valence electrons. The zero-order valence-electron chi connectivity index (χ0n) is 12.1. The summed E-state index contributed by atoms with van der Waals surface area (Å²) >= 11 is 0. The van der Waals surface area contributed by atoms with Crippen molar-refractivity contribution in [3.8, 4) is 5.75 Å². The van der Waals surface area contributed by atoms with E-state index in [9.17, 15) is 22.8 Å². The molecule has 0 bridgehead atoms. The number of aryl methyl sites for hydroxylation is 1. The highest BCUT2D eigenvalue weighted by molar-refractivity contribution is 5.93. The van der Waals surface area contributed by atoms with Gasteiger partial charge in [-0.05, 0) is 23.8 Å². The number of carbonyl (C=O) groups excluding carboxylic acids is 1. The number of halogens is 3. The van der Waals surface area contributed by atoms with Gasteiger partial charge in [-0.1, -0.05) is 12.1 Å². The highest BCUT2D eigenvalue weighted by atomic mass is 19.4. The van der Waals surface area contributed by atoms with Crippen molar-refractivity contribution in [1.82, 2.24) is 9.88 Å². The van der Waals surface area contributed by atoms with Crippen LogP contribution in [0.1, 0.15) is 15.9 Å². The molecule has 1 amide bonds. The Balaban J connectivity index is 1.96. The standard InChI is InChI=1S/C15H13F3N2O3/c1-20-7-6-11(8-13(20)21)14(22)19-9-10-2-4-12(5-3-10)23-15(16,17)18/h2-8H,9H2,1H3,(H,19,22). The number of amides is 1. The zero-order chi connectivity index (χ0) is 17.0. The van der Waals surface area contributed by atoms with Gasteiger partial charge in [0.25, 0.3) is 11.5 Å². The van der Waals surface area contributed by atoms with Gasteiger partial charge in [-0.15, -0.1) is 13.2 Å². The van der Waals surface area contributed by atoms with E-state index in [1.807, 2.05) is 0 Å². The van der Waals surface area contributed by atoms with Crippen LogP contribution in [0.3, 0.4) is 0 Å². The molecule has 23 heavy (non-hydrogen) atoms. The van der Waals surface area contributed by atoms with Gasteiger partial charge in [0.2, 0.25) is 0 Å². The predicted octanol–water partition coefficient (Wildman–Crippen LogP) is 2.21. The number of nitrogens with one attached hydrogen (secondary N) is 1. The summed E-state index contributed by atoms with van der Waals surface area (Å²) < 4.78 is 41.2. The number of alkyl halides is 3. The second-order valence-electron chi connectivity index (χ2n) is 4.74. The van der Waals surface area contributed by atoms with Crippen LogP contribution >= 0.6 is 0 Å². The van der Waals surface area contributed by atoms with Crippen molar-refractivity contribution in [2.24, 2.45) is 7.05 Å². The van der Waals surface area contributed by atoms with Crippen molar-refractivity contribution in [1.29, 1.82) is 0 Å². The first-order valence-corrected chi connectivity index (χ1v) is 6.54. The van der Waals surface area contributed by atoms with Gasteiger partial charge in [0.1, 0.15) is 5.75 Å². The molecule has 0 unspecified atom stereocenters. The van der Waals surface area contributed by atoms with Gasteiger partial charge in [-0.3, -0.25) is 9.59 Å². The topological polar surface area (TPSA) is 60.3 Å². The number of aromatic nitrogens is 1. The number of carbonyl (C=O) groups is 1. The molecular weight excluding hydrogens is 313 g/mol. The van der Waals surface area contributed by atoms with Gasteiger partial charge in [-0.25, -0.2) is 0 Å². The summed E-state index contributed by atoms with van der Waals surface area (Å²) in [4.78, 5) is 23.4. The van der Waals surface area contributed by atoms with Crippen LogP contribution in [0, 0.1) is 0 Å². The van der Waals surface area contributed by atoms with Gasteiger partial charge in [0.05, 0.1) is 0 Å². The van der Waals surface area contributed by atoms with Crippen LogP contribution in [-0.2, 0) is 13.6 Å². The fourth-order valence-electron chi connectivity index (χ4n) is 1.78. The van der Waals surface area contributed by atoms with Crippen LogP contribution in [0.15, 0.2) is 47.4 Å². The highest BCUT2D eigenvalue weighted by Gasteiger charge is 2.30. The molecule has 1 aromatic heterocycles. The molecule has 1 N–H and O–H groups in total. The first-order chi connectivity index (χ1) is 10.7. The van der Waals surface area contributed by atoms with Crippen molar-refractivity contribution in [2.75, 3.05) is 0 Å². The molecule has 5 nitrogen and oxygen atoms in total. The molecular formula is C15H13F3N2O3. The first-order valence-electron chi connectivity index (χ1n) is 6.54. The number of ether oxygens (including phenoxy) is 1. The average Bonchev–Trinajstić information content (AvgIpc) is 2.47. The lowest BCUT2D eigenvalue weighted by Gasteiger charge is -2.10. The maximum atomic E-state index is 12.0. The maximum absolute atomic E-state index is 12.0. The number of hydrogen-bond acceptors (Lipinski definition) is 3. The molecule has 1 aromatic carbocycles. The summed E-state index contributed by atoms with van der Waals surface area (Å²) in [5, 5.41) is 2.58. The fourth-order valence-corrected chi connectivity index (χ4v) is 1.78. The monoisotopic (exact) mass is 326 g/mol. The van der Waals surface area contributed by atoms with Crippen molar-refractivity contribution in [2.45, 2.75) is 12.9 Å². The Hall–Kier alpha value is -2.77. The third-order valence-corrected chi connectivity index (χ3v) is 2.98. The Morgan fingerprint density at radius 2 is 1.87 bits per heavy atom. The first kappa shape index (κ1) is 16.6. The number of nitrogens with zero attached hydrogens (tertiary/aromatic N) is 1. The third-order valence-electron chi connectivity index (χ3n) is 2.98. The summed E-state index contributed by atoms with van der Waals surface area (Å²) in [5.41, 5.74) is 0.494. The summed E-state index contributed by atoms with van der Waals surface area (Å²) in [7, 11) is 1.56. The van der Waals surface area contributed by atoms with E-state index in [-0.39, 0.29) is 23.4 Å². The SMILES string of the molecule is Cn1ccc(C(=O)NCc2ccc(OC(F)(F)F)cc2)cc1=O. The van der Waals surface area contributed by atoms with E-state index in [1.54, 1.807) is 7.05 Å².